The molecule has 57 heavy (non-hydrogen) atoms. The Balaban J connectivity index is 0.947. The predicted octanol–water partition coefficient (Wildman–Crippen LogP) is 4.74. The van der Waals surface area contributed by atoms with E-state index < -0.39 is 34.2 Å². The Morgan fingerprint density at radius 3 is 2.35 bits per heavy atom. The SMILES string of the molecule is C[C@@H]1CN(CCOC2CCC(N3C(=S)N(c4ccc(C#N)c(C(F)(F)F)c4)C(=O)C3(C)C)CC2)C[C@H](C)N1CC(=O)Nc1ccc([C@@]2(C)CCC(=O)NC2=O)cn1. The van der Waals surface area contributed by atoms with Crippen LogP contribution in [0, 0.1) is 11.3 Å². The normalized spacial score (nSPS) is 27.4. The molecule has 3 saturated heterocycles. The zero-order chi connectivity index (χ0) is 41.4. The molecule has 1 aromatic heterocycles. The third-order valence-corrected chi connectivity index (χ3v) is 12.3. The van der Waals surface area contributed by atoms with Crippen LogP contribution in [0.25, 0.3) is 0 Å². The highest BCUT2D eigenvalue weighted by Crippen LogP contribution is 2.41. The van der Waals surface area contributed by atoms with Gasteiger partial charge in [0.2, 0.25) is 17.7 Å². The number of benzene rings is 1. The summed E-state index contributed by atoms with van der Waals surface area (Å²) < 4.78 is 47.5. The first kappa shape index (κ1) is 42.1. The van der Waals surface area contributed by atoms with Crippen molar-refractivity contribution in [3.8, 4) is 6.07 Å². The number of imide groups is 1. The Hall–Kier alpha value is -4.50. The lowest BCUT2D eigenvalue weighted by Gasteiger charge is -2.44. The molecule has 4 fully saturated rings. The van der Waals surface area contributed by atoms with Crippen LogP contribution in [-0.4, -0.2) is 111 Å². The van der Waals surface area contributed by atoms with Crippen molar-refractivity contribution in [2.24, 2.45) is 0 Å². The van der Waals surface area contributed by atoms with Gasteiger partial charge in [0, 0.05) is 50.4 Å². The number of aromatic nitrogens is 1. The van der Waals surface area contributed by atoms with Crippen LogP contribution in [-0.2, 0) is 35.5 Å². The van der Waals surface area contributed by atoms with Gasteiger partial charge in [0.25, 0.3) is 5.91 Å². The summed E-state index contributed by atoms with van der Waals surface area (Å²) in [5.41, 5.74) is -2.90. The molecule has 2 N–H and O–H groups in total. The molecule has 306 valence electrons. The summed E-state index contributed by atoms with van der Waals surface area (Å²) in [6.07, 6.45) is 0.359. The molecular weight excluding hydrogens is 762 g/mol. The van der Waals surface area contributed by atoms with E-state index in [1.165, 1.54) is 6.07 Å². The van der Waals surface area contributed by atoms with Crippen LogP contribution < -0.4 is 15.5 Å². The fourth-order valence-corrected chi connectivity index (χ4v) is 9.22. The van der Waals surface area contributed by atoms with Gasteiger partial charge in [-0.1, -0.05) is 6.07 Å². The Kier molecular flexibility index (Phi) is 12.1. The molecule has 4 amide bonds. The number of piperidine rings is 1. The first-order chi connectivity index (χ1) is 26.8. The second-order valence-electron chi connectivity index (χ2n) is 16.3. The number of amides is 4. The maximum Gasteiger partial charge on any atom is 0.417 e. The highest BCUT2D eigenvalue weighted by Gasteiger charge is 2.53. The number of ether oxygens (including phenoxy) is 1. The van der Waals surface area contributed by atoms with E-state index >= 15 is 0 Å². The number of carbonyl (C=O) groups excluding carboxylic acids is 4. The number of piperazine rings is 1. The number of nitrogens with zero attached hydrogens (tertiary/aromatic N) is 6. The molecule has 1 aliphatic carbocycles. The number of carbonyl (C=O) groups is 4. The Morgan fingerprint density at radius 2 is 1.75 bits per heavy atom. The molecule has 0 spiro atoms. The average Bonchev–Trinajstić information content (AvgIpc) is 3.33. The van der Waals surface area contributed by atoms with Gasteiger partial charge >= 0.3 is 6.18 Å². The number of pyridine rings is 1. The topological polar surface area (TPSA) is 151 Å². The number of rotatable bonds is 10. The van der Waals surface area contributed by atoms with E-state index in [4.69, 9.17) is 17.0 Å². The summed E-state index contributed by atoms with van der Waals surface area (Å²) in [6.45, 7) is 12.4. The highest BCUT2D eigenvalue weighted by atomic mass is 32.1. The van der Waals surface area contributed by atoms with Gasteiger partial charge < -0.3 is 15.0 Å². The van der Waals surface area contributed by atoms with Crippen molar-refractivity contribution in [2.45, 2.75) is 115 Å². The monoisotopic (exact) mass is 810 g/mol. The van der Waals surface area contributed by atoms with Crippen LogP contribution >= 0.6 is 12.2 Å². The van der Waals surface area contributed by atoms with E-state index in [0.29, 0.717) is 37.3 Å². The minimum Gasteiger partial charge on any atom is -0.377 e. The van der Waals surface area contributed by atoms with Crippen molar-refractivity contribution >= 4 is 52.5 Å². The fraction of sp³-hybridized carbons (Fsp3) is 0.575. The maximum absolute atomic E-state index is 13.7. The number of halogens is 3. The number of nitrogens with one attached hydrogen (secondary N) is 2. The molecule has 3 aliphatic heterocycles. The molecule has 1 aromatic carbocycles. The summed E-state index contributed by atoms with van der Waals surface area (Å²) in [7, 11) is 0. The molecule has 3 atom stereocenters. The Bertz CT molecular complexity index is 1940. The van der Waals surface area contributed by atoms with Gasteiger partial charge in [0.05, 0.1) is 47.6 Å². The standard InChI is InChI=1S/C40H49F3N8O5S/c1-24-21-48(22-25(2)49(24)23-34(53)46-32-13-7-27(20-45-32)39(5)15-14-33(52)47-35(39)54)16-17-56-30-11-9-28(10-12-30)51-37(57)50(36(55)38(51,3)4)29-8-6-26(19-44)31(18-29)40(41,42)43/h6-8,13,18,20,24-25,28,30H,9-12,14-17,21-23H2,1-5H3,(H,45,46,53)(H,47,52,54)/t24-,25+,28?,30?,39-/m1/s1. The zero-order valence-corrected chi connectivity index (χ0v) is 33.6. The maximum atomic E-state index is 13.7. The first-order valence-corrected chi connectivity index (χ1v) is 19.7. The number of nitriles is 1. The van der Waals surface area contributed by atoms with Crippen LogP contribution in [0.1, 0.15) is 89.8 Å². The van der Waals surface area contributed by atoms with E-state index in [-0.39, 0.29) is 65.7 Å². The smallest absolute Gasteiger partial charge is 0.377 e. The third kappa shape index (κ3) is 8.69. The van der Waals surface area contributed by atoms with Crippen molar-refractivity contribution in [1.82, 2.24) is 25.0 Å². The van der Waals surface area contributed by atoms with E-state index in [1.54, 1.807) is 45.2 Å². The van der Waals surface area contributed by atoms with Crippen LogP contribution in [0.2, 0.25) is 0 Å². The summed E-state index contributed by atoms with van der Waals surface area (Å²) in [4.78, 5) is 62.7. The van der Waals surface area contributed by atoms with Crippen LogP contribution in [0.15, 0.2) is 36.5 Å². The van der Waals surface area contributed by atoms with Gasteiger partial charge in [-0.05, 0) is 109 Å². The number of anilines is 2. The van der Waals surface area contributed by atoms with Gasteiger partial charge in [0.15, 0.2) is 5.11 Å². The molecule has 4 aliphatic rings. The van der Waals surface area contributed by atoms with Crippen molar-refractivity contribution in [1.29, 1.82) is 5.26 Å². The Morgan fingerprint density at radius 1 is 1.07 bits per heavy atom. The lowest BCUT2D eigenvalue weighted by atomic mass is 9.76. The summed E-state index contributed by atoms with van der Waals surface area (Å²) in [6, 6.07) is 8.35. The molecule has 0 unspecified atom stereocenters. The summed E-state index contributed by atoms with van der Waals surface area (Å²) in [5, 5.41) is 14.6. The number of hydrogen-bond acceptors (Lipinski definition) is 10. The van der Waals surface area contributed by atoms with Crippen molar-refractivity contribution in [2.75, 3.05) is 43.0 Å². The van der Waals surface area contributed by atoms with Gasteiger partial charge in [-0.15, -0.1) is 0 Å². The molecule has 2 aromatic rings. The molecule has 13 nitrogen and oxygen atoms in total. The van der Waals surface area contributed by atoms with E-state index in [0.717, 1.165) is 49.5 Å². The Labute approximate surface area is 335 Å². The molecule has 1 saturated carbocycles. The van der Waals surface area contributed by atoms with Crippen LogP contribution in [0.4, 0.5) is 24.7 Å². The second kappa shape index (κ2) is 16.4. The third-order valence-electron chi connectivity index (χ3n) is 12.0. The predicted molar refractivity (Wildman–Crippen MR) is 209 cm³/mol. The molecule has 0 bridgehead atoms. The quantitative estimate of drug-likeness (QED) is 0.253. The van der Waals surface area contributed by atoms with E-state index in [2.05, 4.69) is 39.3 Å². The van der Waals surface area contributed by atoms with Crippen molar-refractivity contribution in [3.63, 3.8) is 0 Å². The average molecular weight is 811 g/mol. The minimum absolute atomic E-state index is 0.0147. The molecule has 0 radical (unpaired) electrons. The van der Waals surface area contributed by atoms with Gasteiger partial charge in [0.1, 0.15) is 11.4 Å². The summed E-state index contributed by atoms with van der Waals surface area (Å²) in [5.74, 6) is -0.853. The number of thiocarbonyl (C=S) groups is 1. The van der Waals surface area contributed by atoms with E-state index in [1.807, 2.05) is 4.90 Å². The van der Waals surface area contributed by atoms with E-state index in [9.17, 15) is 37.6 Å². The van der Waals surface area contributed by atoms with Crippen LogP contribution in [0.3, 0.4) is 0 Å². The minimum atomic E-state index is -4.76. The summed E-state index contributed by atoms with van der Waals surface area (Å²) >= 11 is 5.73. The number of hydrogen-bond donors (Lipinski definition) is 2. The molecule has 4 heterocycles. The van der Waals surface area contributed by atoms with Crippen molar-refractivity contribution < 1.29 is 37.1 Å². The fourth-order valence-electron chi connectivity index (χ4n) is 8.65. The largest absolute Gasteiger partial charge is 0.417 e. The lowest BCUT2D eigenvalue weighted by Crippen LogP contribution is -2.58. The lowest BCUT2D eigenvalue weighted by molar-refractivity contribution is -0.138. The first-order valence-electron chi connectivity index (χ1n) is 19.3. The van der Waals surface area contributed by atoms with Gasteiger partial charge in [-0.2, -0.15) is 18.4 Å². The zero-order valence-electron chi connectivity index (χ0n) is 32.8. The second-order valence-corrected chi connectivity index (χ2v) is 16.7. The van der Waals surface area contributed by atoms with Gasteiger partial charge in [-0.25, -0.2) is 4.98 Å². The van der Waals surface area contributed by atoms with Gasteiger partial charge in [-0.3, -0.25) is 39.2 Å². The highest BCUT2D eigenvalue weighted by molar-refractivity contribution is 7.80. The molecule has 17 heteroatoms. The van der Waals surface area contributed by atoms with Crippen molar-refractivity contribution in [3.05, 3.63) is 53.2 Å². The van der Waals surface area contributed by atoms with Crippen LogP contribution in [0.5, 0.6) is 0 Å². The molecule has 6 rings (SSSR count). The number of alkyl halides is 3. The molecular formula is C40H49F3N8O5S.